The Morgan fingerprint density at radius 3 is 2.56 bits per heavy atom. The molecule has 12 heteroatoms. The van der Waals surface area contributed by atoms with Crippen molar-refractivity contribution >= 4 is 11.7 Å². The maximum absolute atomic E-state index is 12.8. The van der Waals surface area contributed by atoms with E-state index in [9.17, 15) is 4.79 Å². The molecule has 0 saturated carbocycles. The zero-order chi connectivity index (χ0) is 26.2. The van der Waals surface area contributed by atoms with Crippen molar-refractivity contribution in [1.29, 1.82) is 0 Å². The van der Waals surface area contributed by atoms with Gasteiger partial charge >= 0.3 is 6.03 Å². The molecule has 39 heavy (non-hydrogen) atoms. The van der Waals surface area contributed by atoms with Crippen LogP contribution >= 0.6 is 0 Å². The molecular formula is C27H24N6O6. The van der Waals surface area contributed by atoms with Crippen molar-refractivity contribution in [3.05, 3.63) is 72.8 Å². The van der Waals surface area contributed by atoms with E-state index in [2.05, 4.69) is 26.2 Å². The molecule has 0 radical (unpaired) electrons. The normalized spacial score (nSPS) is 22.9. The van der Waals surface area contributed by atoms with Crippen molar-refractivity contribution in [2.24, 2.45) is 0 Å². The van der Waals surface area contributed by atoms with Crippen molar-refractivity contribution < 1.29 is 28.5 Å². The number of anilines is 1. The lowest BCUT2D eigenvalue weighted by Crippen LogP contribution is -2.45. The molecule has 2 amide bonds. The summed E-state index contributed by atoms with van der Waals surface area (Å²) in [6, 6.07) is 21.3. The van der Waals surface area contributed by atoms with E-state index in [1.165, 1.54) is 0 Å². The summed E-state index contributed by atoms with van der Waals surface area (Å²) in [6.07, 6.45) is -0.655. The summed E-state index contributed by atoms with van der Waals surface area (Å²) in [6.45, 7) is 0.846. The Labute approximate surface area is 222 Å². The highest BCUT2D eigenvalue weighted by molar-refractivity contribution is 5.89. The zero-order valence-corrected chi connectivity index (χ0v) is 20.6. The third kappa shape index (κ3) is 4.60. The first-order valence-corrected chi connectivity index (χ1v) is 12.5. The van der Waals surface area contributed by atoms with Crippen LogP contribution in [-0.2, 0) is 9.47 Å². The van der Waals surface area contributed by atoms with Crippen LogP contribution in [0.3, 0.4) is 0 Å². The predicted octanol–water partition coefficient (Wildman–Crippen LogP) is 3.39. The Balaban J connectivity index is 0.979. The number of carbonyl (C=O) groups is 1. The number of tetrazole rings is 1. The number of para-hydroxylation sites is 1. The van der Waals surface area contributed by atoms with E-state index >= 15 is 0 Å². The average molecular weight is 529 g/mol. The lowest BCUT2D eigenvalue weighted by molar-refractivity contribution is 0.0624. The van der Waals surface area contributed by atoms with E-state index in [1.54, 1.807) is 28.9 Å². The van der Waals surface area contributed by atoms with Gasteiger partial charge in [0.2, 0.25) is 6.79 Å². The molecule has 2 fully saturated rings. The second-order valence-electron chi connectivity index (χ2n) is 9.32. The Bertz CT molecular complexity index is 1480. The van der Waals surface area contributed by atoms with E-state index in [4.69, 9.17) is 23.7 Å². The second-order valence-corrected chi connectivity index (χ2v) is 9.32. The van der Waals surface area contributed by atoms with Crippen LogP contribution < -0.4 is 24.8 Å². The van der Waals surface area contributed by atoms with Gasteiger partial charge in [-0.1, -0.05) is 18.2 Å². The van der Waals surface area contributed by atoms with Gasteiger partial charge in [-0.15, -0.1) is 5.10 Å². The van der Waals surface area contributed by atoms with Gasteiger partial charge in [0.05, 0.1) is 19.3 Å². The third-order valence-electron chi connectivity index (χ3n) is 6.87. The second kappa shape index (κ2) is 9.89. The van der Waals surface area contributed by atoms with Crippen molar-refractivity contribution in [3.63, 3.8) is 0 Å². The minimum atomic E-state index is -0.350. The summed E-state index contributed by atoms with van der Waals surface area (Å²) in [5.41, 5.74) is 1.43. The van der Waals surface area contributed by atoms with Gasteiger partial charge in [-0.2, -0.15) is 0 Å². The van der Waals surface area contributed by atoms with Gasteiger partial charge in [-0.25, -0.2) is 9.48 Å². The quantitative estimate of drug-likeness (QED) is 0.387. The molecule has 12 nitrogen and oxygen atoms in total. The number of nitrogens with one attached hydrogen (secondary N) is 2. The first-order chi connectivity index (χ1) is 19.2. The molecule has 4 atom stereocenters. The minimum absolute atomic E-state index is 0.188. The van der Waals surface area contributed by atoms with E-state index in [0.717, 1.165) is 11.3 Å². The fourth-order valence-electron chi connectivity index (χ4n) is 5.02. The number of fused-ring (bicyclic) bond motifs is 2. The molecule has 0 spiro atoms. The van der Waals surface area contributed by atoms with Gasteiger partial charge in [-0.05, 0) is 65.0 Å². The number of hydrogen-bond donors (Lipinski definition) is 2. The smallest absolute Gasteiger partial charge is 0.319 e. The van der Waals surface area contributed by atoms with Crippen molar-refractivity contribution in [2.45, 2.75) is 24.3 Å². The van der Waals surface area contributed by atoms with E-state index in [1.807, 2.05) is 48.5 Å². The molecule has 4 aromatic rings. The fourth-order valence-corrected chi connectivity index (χ4v) is 5.02. The van der Waals surface area contributed by atoms with Crippen molar-refractivity contribution in [1.82, 2.24) is 25.5 Å². The highest BCUT2D eigenvalue weighted by atomic mass is 16.7. The molecule has 0 bridgehead atoms. The van der Waals surface area contributed by atoms with Crippen LogP contribution in [-0.4, -0.2) is 64.5 Å². The Morgan fingerprint density at radius 2 is 1.69 bits per heavy atom. The van der Waals surface area contributed by atoms with Crippen LogP contribution in [0.2, 0.25) is 0 Å². The molecule has 3 aromatic carbocycles. The van der Waals surface area contributed by atoms with Crippen LogP contribution in [0.15, 0.2) is 72.8 Å². The number of urea groups is 1. The van der Waals surface area contributed by atoms with E-state index < -0.39 is 0 Å². The molecule has 1 aromatic heterocycles. The van der Waals surface area contributed by atoms with Gasteiger partial charge in [0, 0.05) is 11.3 Å². The van der Waals surface area contributed by atoms with Crippen molar-refractivity contribution in [2.75, 3.05) is 25.3 Å². The molecule has 7 rings (SSSR count). The van der Waals surface area contributed by atoms with E-state index in [-0.39, 0.29) is 37.1 Å². The monoisotopic (exact) mass is 528 g/mol. The van der Waals surface area contributed by atoms with E-state index in [0.29, 0.717) is 42.0 Å². The third-order valence-corrected chi connectivity index (χ3v) is 6.87. The van der Waals surface area contributed by atoms with Gasteiger partial charge in [0.1, 0.15) is 29.7 Å². The number of rotatable bonds is 6. The average Bonchev–Trinajstić information content (AvgIpc) is 3.75. The zero-order valence-electron chi connectivity index (χ0n) is 20.6. The lowest BCUT2D eigenvalue weighted by atomic mass is 10.1. The maximum atomic E-state index is 12.8. The highest BCUT2D eigenvalue weighted by Gasteiger charge is 2.50. The van der Waals surface area contributed by atoms with Crippen LogP contribution in [0.1, 0.15) is 6.04 Å². The molecule has 2 N–H and O–H groups in total. The number of carbonyl (C=O) groups excluding carboxylic acids is 1. The summed E-state index contributed by atoms with van der Waals surface area (Å²) in [4.78, 5) is 12.8. The number of hydrogen-bond acceptors (Lipinski definition) is 9. The van der Waals surface area contributed by atoms with Gasteiger partial charge < -0.3 is 34.3 Å². The van der Waals surface area contributed by atoms with Crippen LogP contribution in [0, 0.1) is 0 Å². The van der Waals surface area contributed by atoms with Crippen LogP contribution in [0.5, 0.6) is 23.0 Å². The molecule has 0 unspecified atom stereocenters. The van der Waals surface area contributed by atoms with Crippen LogP contribution in [0.25, 0.3) is 11.4 Å². The largest absolute Gasteiger partial charge is 0.457 e. The summed E-state index contributed by atoms with van der Waals surface area (Å²) in [5, 5.41) is 18.1. The maximum Gasteiger partial charge on any atom is 0.319 e. The predicted molar refractivity (Wildman–Crippen MR) is 137 cm³/mol. The standard InChI is InChI=1S/C27H24N6O6/c34-27(28-17-7-9-19(10-8-17)39-18-4-2-1-3-5-18)29-20-13-35-25-21(14-36-24(20)25)33-26(30-31-32-33)16-6-11-22-23(12-16)38-15-37-22/h1-12,20-21,24-25H,13-15H2,(H2,28,29,34)/t20-,21-,24+,25+/m0/s1. The number of benzene rings is 3. The first kappa shape index (κ1) is 23.4. The molecule has 3 aliphatic heterocycles. The topological polar surface area (TPSA) is 131 Å². The van der Waals surface area contributed by atoms with Crippen molar-refractivity contribution in [3.8, 4) is 34.4 Å². The Kier molecular flexibility index (Phi) is 5.94. The molecule has 3 aliphatic rings. The molecule has 4 heterocycles. The number of amides is 2. The van der Waals surface area contributed by atoms with Crippen LogP contribution in [0.4, 0.5) is 10.5 Å². The summed E-state index contributed by atoms with van der Waals surface area (Å²) < 4.78 is 30.5. The summed E-state index contributed by atoms with van der Waals surface area (Å²) in [7, 11) is 0. The molecule has 198 valence electrons. The van der Waals surface area contributed by atoms with Gasteiger partial charge in [0.25, 0.3) is 0 Å². The van der Waals surface area contributed by atoms with Gasteiger partial charge in [0.15, 0.2) is 17.3 Å². The Hall–Kier alpha value is -4.68. The number of aromatic nitrogens is 4. The minimum Gasteiger partial charge on any atom is -0.457 e. The fraction of sp³-hybridized carbons (Fsp3) is 0.259. The van der Waals surface area contributed by atoms with Gasteiger partial charge in [-0.3, -0.25) is 0 Å². The number of nitrogens with zero attached hydrogens (tertiary/aromatic N) is 4. The Morgan fingerprint density at radius 1 is 0.897 bits per heavy atom. The summed E-state index contributed by atoms with van der Waals surface area (Å²) in [5.74, 6) is 3.32. The SMILES string of the molecule is O=C(Nc1ccc(Oc2ccccc2)cc1)N[C@H]1CO[C@H]2[C@@H]1OC[C@@H]2n1nnnc1-c1ccc2c(c1)OCO2. The molecule has 0 aliphatic carbocycles. The highest BCUT2D eigenvalue weighted by Crippen LogP contribution is 2.38. The molecular weight excluding hydrogens is 504 g/mol. The summed E-state index contributed by atoms with van der Waals surface area (Å²) >= 11 is 0. The number of ether oxygens (including phenoxy) is 5. The lowest BCUT2D eigenvalue weighted by Gasteiger charge is -2.18. The molecule has 2 saturated heterocycles. The first-order valence-electron chi connectivity index (χ1n) is 12.5.